The summed E-state index contributed by atoms with van der Waals surface area (Å²) in [6.45, 7) is 2.28. The van der Waals surface area contributed by atoms with Gasteiger partial charge < -0.3 is 14.4 Å². The van der Waals surface area contributed by atoms with Crippen LogP contribution < -0.4 is 5.11 Å². The minimum Gasteiger partial charge on any atom is -0.544 e. The van der Waals surface area contributed by atoms with E-state index in [0.717, 1.165) is 19.3 Å². The lowest BCUT2D eigenvalue weighted by molar-refractivity contribution is -0.893. The standard InChI is InChI=1S/C29H51NO2/c1-5-6-7-8-9-10-11-12-13-14-15-16-17-21-24-27(25-26-22-19-18-20-23-26)28(29(31)32)30(2,3)4/h18-20,22-23,27-28H,5-17,21,24-25H2,1-4H3. The molecule has 0 N–H and O–H groups in total. The summed E-state index contributed by atoms with van der Waals surface area (Å²) in [7, 11) is 5.93. The molecule has 0 heterocycles. The van der Waals surface area contributed by atoms with Crippen molar-refractivity contribution in [2.24, 2.45) is 5.92 Å². The molecule has 1 rings (SSSR count). The summed E-state index contributed by atoms with van der Waals surface area (Å²) in [5, 5.41) is 12.0. The van der Waals surface area contributed by atoms with Crippen molar-refractivity contribution in [2.75, 3.05) is 21.1 Å². The average molecular weight is 446 g/mol. The van der Waals surface area contributed by atoms with Gasteiger partial charge in [0.15, 0.2) is 0 Å². The fourth-order valence-corrected chi connectivity index (χ4v) is 5.03. The Morgan fingerprint density at radius 2 is 1.19 bits per heavy atom. The monoisotopic (exact) mass is 445 g/mol. The molecule has 0 amide bonds. The third kappa shape index (κ3) is 13.3. The van der Waals surface area contributed by atoms with E-state index in [1.54, 1.807) is 0 Å². The molecule has 0 saturated carbocycles. The highest BCUT2D eigenvalue weighted by Crippen LogP contribution is 2.25. The number of carboxylic acid groups (broad SMARTS) is 1. The SMILES string of the molecule is CCCCCCCCCCCCCCCCC(Cc1ccccc1)C(C(=O)[O-])[N+](C)(C)C. The number of hydrogen-bond donors (Lipinski definition) is 0. The minimum atomic E-state index is -0.913. The number of rotatable bonds is 20. The van der Waals surface area contributed by atoms with Crippen molar-refractivity contribution < 1.29 is 14.4 Å². The maximum atomic E-state index is 12.0. The third-order valence-electron chi connectivity index (χ3n) is 6.79. The molecular formula is C29H51NO2. The van der Waals surface area contributed by atoms with E-state index >= 15 is 0 Å². The van der Waals surface area contributed by atoms with E-state index in [9.17, 15) is 9.90 Å². The summed E-state index contributed by atoms with van der Waals surface area (Å²) < 4.78 is 0.415. The quantitative estimate of drug-likeness (QED) is 0.169. The van der Waals surface area contributed by atoms with Crippen LogP contribution in [0.3, 0.4) is 0 Å². The number of quaternary nitrogens is 1. The number of carbonyl (C=O) groups excluding carboxylic acids is 1. The first-order chi connectivity index (χ1) is 15.4. The van der Waals surface area contributed by atoms with Gasteiger partial charge in [-0.3, -0.25) is 0 Å². The van der Waals surface area contributed by atoms with E-state index < -0.39 is 12.0 Å². The van der Waals surface area contributed by atoms with Gasteiger partial charge in [-0.1, -0.05) is 127 Å². The van der Waals surface area contributed by atoms with Crippen LogP contribution in [0, 0.1) is 5.92 Å². The van der Waals surface area contributed by atoms with Crippen LogP contribution in [0.4, 0.5) is 0 Å². The largest absolute Gasteiger partial charge is 0.544 e. The smallest absolute Gasteiger partial charge is 0.132 e. The molecule has 1 aromatic rings. The molecule has 1 aromatic carbocycles. The number of benzene rings is 1. The molecule has 0 radical (unpaired) electrons. The van der Waals surface area contributed by atoms with E-state index in [-0.39, 0.29) is 5.92 Å². The van der Waals surface area contributed by atoms with E-state index in [4.69, 9.17) is 0 Å². The van der Waals surface area contributed by atoms with E-state index in [1.807, 2.05) is 39.3 Å². The number of carboxylic acids is 1. The first-order valence-corrected chi connectivity index (χ1v) is 13.4. The zero-order chi connectivity index (χ0) is 23.7. The Hall–Kier alpha value is -1.35. The zero-order valence-electron chi connectivity index (χ0n) is 21.6. The maximum Gasteiger partial charge on any atom is 0.132 e. The van der Waals surface area contributed by atoms with Crippen LogP contribution in [0.2, 0.25) is 0 Å². The van der Waals surface area contributed by atoms with Crippen molar-refractivity contribution in [1.82, 2.24) is 0 Å². The molecule has 184 valence electrons. The van der Waals surface area contributed by atoms with Gasteiger partial charge >= 0.3 is 0 Å². The van der Waals surface area contributed by atoms with Gasteiger partial charge in [0.2, 0.25) is 0 Å². The predicted molar refractivity (Wildman–Crippen MR) is 135 cm³/mol. The summed E-state index contributed by atoms with van der Waals surface area (Å²) in [5.74, 6) is -0.802. The maximum absolute atomic E-state index is 12.0. The number of nitrogens with zero attached hydrogens (tertiary/aromatic N) is 1. The fourth-order valence-electron chi connectivity index (χ4n) is 5.03. The average Bonchev–Trinajstić information content (AvgIpc) is 2.73. The van der Waals surface area contributed by atoms with Crippen molar-refractivity contribution in [1.29, 1.82) is 0 Å². The van der Waals surface area contributed by atoms with E-state index in [1.165, 1.54) is 89.0 Å². The molecule has 0 aromatic heterocycles. The topological polar surface area (TPSA) is 40.1 Å². The summed E-state index contributed by atoms with van der Waals surface area (Å²) in [6, 6.07) is 9.84. The van der Waals surface area contributed by atoms with Crippen LogP contribution in [0.15, 0.2) is 30.3 Å². The van der Waals surface area contributed by atoms with Crippen LogP contribution in [0.25, 0.3) is 0 Å². The molecule has 32 heavy (non-hydrogen) atoms. The highest BCUT2D eigenvalue weighted by molar-refractivity contribution is 5.70. The Morgan fingerprint density at radius 3 is 1.59 bits per heavy atom. The Kier molecular flexibility index (Phi) is 15.4. The van der Waals surface area contributed by atoms with Crippen molar-refractivity contribution in [2.45, 2.75) is 116 Å². The van der Waals surface area contributed by atoms with Gasteiger partial charge in [-0.15, -0.1) is 0 Å². The van der Waals surface area contributed by atoms with Gasteiger partial charge in [-0.05, 0) is 18.4 Å². The second-order valence-electron chi connectivity index (χ2n) is 10.7. The lowest BCUT2D eigenvalue weighted by atomic mass is 9.86. The van der Waals surface area contributed by atoms with E-state index in [0.29, 0.717) is 4.48 Å². The number of unbranched alkanes of at least 4 members (excludes halogenated alkanes) is 13. The van der Waals surface area contributed by atoms with Crippen LogP contribution in [-0.2, 0) is 11.2 Å². The van der Waals surface area contributed by atoms with Gasteiger partial charge in [0.25, 0.3) is 0 Å². The van der Waals surface area contributed by atoms with Crippen LogP contribution in [0.1, 0.15) is 109 Å². The van der Waals surface area contributed by atoms with Crippen molar-refractivity contribution in [3.8, 4) is 0 Å². The second-order valence-corrected chi connectivity index (χ2v) is 10.7. The molecule has 3 heteroatoms. The molecule has 0 fully saturated rings. The molecule has 0 aliphatic carbocycles. The van der Waals surface area contributed by atoms with Crippen molar-refractivity contribution in [3.63, 3.8) is 0 Å². The van der Waals surface area contributed by atoms with Gasteiger partial charge in [0, 0.05) is 5.92 Å². The minimum absolute atomic E-state index is 0.111. The lowest BCUT2D eigenvalue weighted by Crippen LogP contribution is -2.58. The summed E-state index contributed by atoms with van der Waals surface area (Å²) in [6.07, 6.45) is 20.6. The fraction of sp³-hybridized carbons (Fsp3) is 0.759. The van der Waals surface area contributed by atoms with Crippen molar-refractivity contribution in [3.05, 3.63) is 35.9 Å². The number of aliphatic carboxylic acids is 1. The summed E-state index contributed by atoms with van der Waals surface area (Å²) >= 11 is 0. The highest BCUT2D eigenvalue weighted by Gasteiger charge is 2.33. The molecule has 0 aliphatic heterocycles. The Morgan fingerprint density at radius 1 is 0.750 bits per heavy atom. The molecule has 3 nitrogen and oxygen atoms in total. The van der Waals surface area contributed by atoms with Crippen LogP contribution >= 0.6 is 0 Å². The summed E-state index contributed by atoms with van der Waals surface area (Å²) in [5.41, 5.74) is 1.22. The molecule has 0 bridgehead atoms. The summed E-state index contributed by atoms with van der Waals surface area (Å²) in [4.78, 5) is 12.0. The zero-order valence-corrected chi connectivity index (χ0v) is 21.6. The Labute approximate surface area is 199 Å². The van der Waals surface area contributed by atoms with Gasteiger partial charge in [0.05, 0.1) is 27.1 Å². The normalized spacial score (nSPS) is 13.8. The highest BCUT2D eigenvalue weighted by atomic mass is 16.4. The molecular weight excluding hydrogens is 394 g/mol. The van der Waals surface area contributed by atoms with Crippen molar-refractivity contribution >= 4 is 5.97 Å². The van der Waals surface area contributed by atoms with Gasteiger partial charge in [0.1, 0.15) is 6.04 Å². The number of carbonyl (C=O) groups is 1. The molecule has 0 aliphatic rings. The first kappa shape index (κ1) is 28.7. The predicted octanol–water partition coefficient (Wildman–Crippen LogP) is 6.54. The first-order valence-electron chi connectivity index (χ1n) is 13.4. The van der Waals surface area contributed by atoms with Crippen LogP contribution in [-0.4, -0.2) is 37.6 Å². The van der Waals surface area contributed by atoms with E-state index in [2.05, 4.69) is 19.1 Å². The molecule has 2 unspecified atom stereocenters. The molecule has 2 atom stereocenters. The number of likely N-dealkylation sites (N-methyl/N-ethyl adjacent to an activating group) is 1. The van der Waals surface area contributed by atoms with Gasteiger partial charge in [-0.25, -0.2) is 0 Å². The van der Waals surface area contributed by atoms with Gasteiger partial charge in [-0.2, -0.15) is 0 Å². The lowest BCUT2D eigenvalue weighted by Gasteiger charge is -2.40. The second kappa shape index (κ2) is 17.2. The Balaban J connectivity index is 2.26. The van der Waals surface area contributed by atoms with Crippen LogP contribution in [0.5, 0.6) is 0 Å². The Bertz CT molecular complexity index is 579. The number of hydrogen-bond acceptors (Lipinski definition) is 2. The third-order valence-corrected chi connectivity index (χ3v) is 6.79. The molecule has 0 saturated heterocycles. The molecule has 0 spiro atoms.